The molecule has 1 aromatic rings. The lowest BCUT2D eigenvalue weighted by Crippen LogP contribution is -2.50. The highest BCUT2D eigenvalue weighted by Crippen LogP contribution is 2.49. The molecule has 3 rings (SSSR count). The number of morpholine rings is 1. The molecule has 1 amide bonds. The van der Waals surface area contributed by atoms with E-state index in [1.807, 2.05) is 0 Å². The molecule has 0 spiro atoms. The van der Waals surface area contributed by atoms with Crippen molar-refractivity contribution in [1.29, 1.82) is 0 Å². The molecule has 25 heavy (non-hydrogen) atoms. The van der Waals surface area contributed by atoms with Crippen molar-refractivity contribution in [3.05, 3.63) is 35.4 Å². The summed E-state index contributed by atoms with van der Waals surface area (Å²) in [4.78, 5) is 25.1. The van der Waals surface area contributed by atoms with Crippen LogP contribution in [-0.2, 0) is 20.5 Å². The number of hydrogen-bond acceptors (Lipinski definition) is 3. The molecule has 3 unspecified atom stereocenters. The van der Waals surface area contributed by atoms with Crippen molar-refractivity contribution in [3.63, 3.8) is 0 Å². The van der Waals surface area contributed by atoms with Crippen molar-refractivity contribution < 1.29 is 32.6 Å². The van der Waals surface area contributed by atoms with Gasteiger partial charge in [0.15, 0.2) is 0 Å². The van der Waals surface area contributed by atoms with Gasteiger partial charge in [-0.3, -0.25) is 9.59 Å². The van der Waals surface area contributed by atoms with Crippen LogP contribution in [0.15, 0.2) is 24.3 Å². The summed E-state index contributed by atoms with van der Waals surface area (Å²) in [7, 11) is 0. The molecule has 0 aromatic heterocycles. The van der Waals surface area contributed by atoms with Crippen LogP contribution in [0.1, 0.15) is 29.9 Å². The normalized spacial score (nSPS) is 26.4. The van der Waals surface area contributed by atoms with Gasteiger partial charge in [0, 0.05) is 12.5 Å². The van der Waals surface area contributed by atoms with Crippen LogP contribution in [0, 0.1) is 5.92 Å². The monoisotopic (exact) mass is 357 g/mol. The maximum atomic E-state index is 12.8. The van der Waals surface area contributed by atoms with Crippen molar-refractivity contribution in [2.75, 3.05) is 19.8 Å². The third-order valence-corrected chi connectivity index (χ3v) is 4.67. The van der Waals surface area contributed by atoms with Gasteiger partial charge in [-0.25, -0.2) is 0 Å². The van der Waals surface area contributed by atoms with Gasteiger partial charge in [-0.15, -0.1) is 0 Å². The van der Waals surface area contributed by atoms with Crippen molar-refractivity contribution in [1.82, 2.24) is 4.90 Å². The Hall–Kier alpha value is -2.09. The number of carboxylic acid groups (broad SMARTS) is 1. The number of halogens is 3. The largest absolute Gasteiger partial charge is 0.481 e. The van der Waals surface area contributed by atoms with Crippen LogP contribution < -0.4 is 0 Å². The van der Waals surface area contributed by atoms with E-state index in [0.29, 0.717) is 25.1 Å². The fraction of sp³-hybridized carbons (Fsp3) is 0.529. The Bertz CT molecular complexity index is 676. The second kappa shape index (κ2) is 6.67. The zero-order chi connectivity index (χ0) is 18.2. The van der Waals surface area contributed by atoms with Crippen molar-refractivity contribution >= 4 is 11.9 Å². The molecule has 5 nitrogen and oxygen atoms in total. The molecule has 1 N–H and O–H groups in total. The van der Waals surface area contributed by atoms with E-state index in [0.717, 1.165) is 12.1 Å². The highest BCUT2D eigenvalue weighted by molar-refractivity contribution is 5.84. The molecule has 3 atom stereocenters. The van der Waals surface area contributed by atoms with Gasteiger partial charge in [0.2, 0.25) is 5.91 Å². The van der Waals surface area contributed by atoms with Crippen molar-refractivity contribution in [2.24, 2.45) is 5.92 Å². The van der Waals surface area contributed by atoms with E-state index in [1.165, 1.54) is 11.0 Å². The molecule has 1 saturated carbocycles. The molecule has 1 saturated heterocycles. The minimum absolute atomic E-state index is 0.166. The van der Waals surface area contributed by atoms with E-state index >= 15 is 0 Å². The fourth-order valence-corrected chi connectivity index (χ4v) is 3.31. The number of carboxylic acids is 1. The van der Waals surface area contributed by atoms with Crippen LogP contribution >= 0.6 is 0 Å². The Balaban J connectivity index is 1.70. The van der Waals surface area contributed by atoms with Crippen LogP contribution in [0.3, 0.4) is 0 Å². The molecular weight excluding hydrogens is 339 g/mol. The number of ether oxygens (including phenoxy) is 1. The summed E-state index contributed by atoms with van der Waals surface area (Å²) >= 11 is 0. The smallest absolute Gasteiger partial charge is 0.416 e. The molecule has 136 valence electrons. The predicted molar refractivity (Wildman–Crippen MR) is 80.9 cm³/mol. The SMILES string of the molecule is O=C(O)CC1COCCN1C(=O)C1CC1c1cccc(C(F)(F)F)c1. The first-order valence-corrected chi connectivity index (χ1v) is 8.04. The summed E-state index contributed by atoms with van der Waals surface area (Å²) in [6.45, 7) is 0.810. The Morgan fingerprint density at radius 2 is 2.08 bits per heavy atom. The average molecular weight is 357 g/mol. The quantitative estimate of drug-likeness (QED) is 0.899. The molecule has 1 heterocycles. The number of amides is 1. The van der Waals surface area contributed by atoms with E-state index in [2.05, 4.69) is 0 Å². The minimum atomic E-state index is -4.42. The highest BCUT2D eigenvalue weighted by Gasteiger charge is 2.48. The van der Waals surface area contributed by atoms with Gasteiger partial charge in [-0.05, 0) is 24.0 Å². The molecule has 1 aliphatic carbocycles. The van der Waals surface area contributed by atoms with Crippen LogP contribution in [0.25, 0.3) is 0 Å². The third-order valence-electron chi connectivity index (χ3n) is 4.67. The second-order valence-electron chi connectivity index (χ2n) is 6.43. The lowest BCUT2D eigenvalue weighted by atomic mass is 10.0. The third kappa shape index (κ3) is 3.95. The number of rotatable bonds is 4. The lowest BCUT2D eigenvalue weighted by molar-refractivity contribution is -0.147. The van der Waals surface area contributed by atoms with Gasteiger partial charge in [0.25, 0.3) is 0 Å². The summed E-state index contributed by atoms with van der Waals surface area (Å²) in [5.41, 5.74) is -0.227. The summed E-state index contributed by atoms with van der Waals surface area (Å²) in [6, 6.07) is 4.52. The first kappa shape index (κ1) is 17.7. The zero-order valence-electron chi connectivity index (χ0n) is 13.3. The number of carbonyl (C=O) groups excluding carboxylic acids is 1. The molecule has 2 aliphatic rings. The maximum Gasteiger partial charge on any atom is 0.416 e. The van der Waals surface area contributed by atoms with E-state index < -0.39 is 29.7 Å². The van der Waals surface area contributed by atoms with Crippen LogP contribution in [-0.4, -0.2) is 47.7 Å². The molecule has 0 bridgehead atoms. The Morgan fingerprint density at radius 3 is 2.76 bits per heavy atom. The number of aliphatic carboxylic acids is 1. The Kier molecular flexibility index (Phi) is 4.73. The highest BCUT2D eigenvalue weighted by atomic mass is 19.4. The van der Waals surface area contributed by atoms with Crippen LogP contribution in [0.5, 0.6) is 0 Å². The standard InChI is InChI=1S/C17H18F3NO4/c18-17(19,20)11-3-1-2-10(6-11)13-8-14(13)16(24)21-4-5-25-9-12(21)7-15(22)23/h1-3,6,12-14H,4-5,7-9H2,(H,22,23). The number of carbonyl (C=O) groups is 2. The average Bonchev–Trinajstić information content (AvgIpc) is 3.34. The van der Waals surface area contributed by atoms with Gasteiger partial charge >= 0.3 is 12.1 Å². The van der Waals surface area contributed by atoms with Gasteiger partial charge in [0.05, 0.1) is 31.2 Å². The Morgan fingerprint density at radius 1 is 1.32 bits per heavy atom. The van der Waals surface area contributed by atoms with E-state index in [-0.39, 0.29) is 24.9 Å². The van der Waals surface area contributed by atoms with Gasteiger partial charge in [0.1, 0.15) is 0 Å². The summed E-state index contributed by atoms with van der Waals surface area (Å²) in [5.74, 6) is -1.85. The number of benzene rings is 1. The van der Waals surface area contributed by atoms with E-state index in [4.69, 9.17) is 9.84 Å². The second-order valence-corrected chi connectivity index (χ2v) is 6.43. The summed E-state index contributed by atoms with van der Waals surface area (Å²) in [6.07, 6.45) is -4.13. The summed E-state index contributed by atoms with van der Waals surface area (Å²) < 4.78 is 43.7. The number of nitrogens with zero attached hydrogens (tertiary/aromatic N) is 1. The molecular formula is C17H18F3NO4. The number of hydrogen-bond donors (Lipinski definition) is 1. The summed E-state index contributed by atoms with van der Waals surface area (Å²) in [5, 5.41) is 8.96. The minimum Gasteiger partial charge on any atom is -0.481 e. The lowest BCUT2D eigenvalue weighted by Gasteiger charge is -2.35. The van der Waals surface area contributed by atoms with Gasteiger partial charge < -0.3 is 14.7 Å². The van der Waals surface area contributed by atoms with E-state index in [1.54, 1.807) is 6.07 Å². The fourth-order valence-electron chi connectivity index (χ4n) is 3.31. The van der Waals surface area contributed by atoms with Crippen molar-refractivity contribution in [2.45, 2.75) is 31.0 Å². The Labute approximate surface area is 142 Å². The molecule has 2 fully saturated rings. The molecule has 8 heteroatoms. The first-order chi connectivity index (χ1) is 11.8. The molecule has 1 aromatic carbocycles. The molecule has 1 aliphatic heterocycles. The van der Waals surface area contributed by atoms with Crippen LogP contribution in [0.4, 0.5) is 13.2 Å². The molecule has 0 radical (unpaired) electrons. The topological polar surface area (TPSA) is 66.8 Å². The van der Waals surface area contributed by atoms with Gasteiger partial charge in [-0.1, -0.05) is 18.2 Å². The van der Waals surface area contributed by atoms with Crippen LogP contribution in [0.2, 0.25) is 0 Å². The zero-order valence-corrected chi connectivity index (χ0v) is 13.3. The van der Waals surface area contributed by atoms with Gasteiger partial charge in [-0.2, -0.15) is 13.2 Å². The predicted octanol–water partition coefficient (Wildman–Crippen LogP) is 2.51. The van der Waals surface area contributed by atoms with E-state index in [9.17, 15) is 22.8 Å². The first-order valence-electron chi connectivity index (χ1n) is 8.04. The number of alkyl halides is 3. The van der Waals surface area contributed by atoms with Crippen molar-refractivity contribution in [3.8, 4) is 0 Å². The maximum absolute atomic E-state index is 12.8.